The fourth-order valence-corrected chi connectivity index (χ4v) is 3.81. The maximum absolute atomic E-state index is 13.0. The monoisotopic (exact) mass is 479 g/mol. The highest BCUT2D eigenvalue weighted by Gasteiger charge is 2.39. The van der Waals surface area contributed by atoms with Gasteiger partial charge in [0.05, 0.1) is 5.69 Å². The molecular weight excluding hydrogens is 461 g/mol. The second kappa shape index (κ2) is 9.10. The normalized spacial score (nSPS) is 13.5. The molecule has 0 saturated heterocycles. The molecule has 0 aromatic heterocycles. The zero-order valence-electron chi connectivity index (χ0n) is 17.8. The number of nitrogens with one attached hydrogen (secondary N) is 2. The number of rotatable bonds is 5. The minimum absolute atomic E-state index is 0.0435. The van der Waals surface area contributed by atoms with Gasteiger partial charge in [0.25, 0.3) is 17.7 Å². The molecule has 1 heterocycles. The van der Waals surface area contributed by atoms with Gasteiger partial charge in [0, 0.05) is 22.0 Å². The highest BCUT2D eigenvalue weighted by atomic mass is 35.5. The van der Waals surface area contributed by atoms with Crippen LogP contribution in [0, 0.1) is 13.8 Å². The van der Waals surface area contributed by atoms with Crippen LogP contribution in [0.2, 0.25) is 5.02 Å². The van der Waals surface area contributed by atoms with Gasteiger partial charge < -0.3 is 10.6 Å². The zero-order valence-corrected chi connectivity index (χ0v) is 19.3. The lowest BCUT2D eigenvalue weighted by atomic mass is 10.1. The molecule has 6 nitrogen and oxygen atoms in total. The summed E-state index contributed by atoms with van der Waals surface area (Å²) in [6, 6.07) is 18.9. The van der Waals surface area contributed by atoms with E-state index in [0.29, 0.717) is 33.2 Å². The van der Waals surface area contributed by atoms with Gasteiger partial charge in [-0.05, 0) is 73.5 Å². The van der Waals surface area contributed by atoms with Crippen LogP contribution in [-0.4, -0.2) is 17.7 Å². The van der Waals surface area contributed by atoms with E-state index < -0.39 is 11.8 Å². The molecule has 3 aromatic carbocycles. The van der Waals surface area contributed by atoms with Crippen LogP contribution in [0.4, 0.5) is 17.1 Å². The van der Waals surface area contributed by atoms with Crippen LogP contribution in [0.5, 0.6) is 0 Å². The van der Waals surface area contributed by atoms with Gasteiger partial charge in [-0.3, -0.25) is 14.4 Å². The van der Waals surface area contributed by atoms with E-state index in [4.69, 9.17) is 23.2 Å². The first-order valence-electron chi connectivity index (χ1n) is 10.0. The smallest absolute Gasteiger partial charge is 0.283 e. The fraction of sp³-hybridized carbons (Fsp3) is 0.0800. The third kappa shape index (κ3) is 4.62. The van der Waals surface area contributed by atoms with Crippen LogP contribution in [0.1, 0.15) is 21.5 Å². The minimum Gasteiger partial charge on any atom is -0.350 e. The molecule has 1 aliphatic heterocycles. The van der Waals surface area contributed by atoms with Crippen LogP contribution >= 0.6 is 23.2 Å². The lowest BCUT2D eigenvalue weighted by Crippen LogP contribution is -2.32. The molecule has 166 valence electrons. The molecule has 0 bridgehead atoms. The first-order valence-corrected chi connectivity index (χ1v) is 10.8. The van der Waals surface area contributed by atoms with Crippen molar-refractivity contribution in [2.45, 2.75) is 13.8 Å². The molecule has 0 spiro atoms. The standard InChI is InChI=1S/C25H19Cl2N3O3/c1-14-4-3-5-19(12-14)29-23(31)16-7-10-18(11-8-16)28-22-21(27)24(32)30(25(22)33)20-13-17(26)9-6-15(20)2/h3-13,28H,1-2H3,(H,29,31). The Morgan fingerprint density at radius 3 is 2.27 bits per heavy atom. The van der Waals surface area contributed by atoms with Crippen molar-refractivity contribution in [3.8, 4) is 0 Å². The van der Waals surface area contributed by atoms with E-state index in [9.17, 15) is 14.4 Å². The quantitative estimate of drug-likeness (QED) is 0.463. The Labute approximate surface area is 200 Å². The van der Waals surface area contributed by atoms with Gasteiger partial charge in [-0.1, -0.05) is 41.4 Å². The van der Waals surface area contributed by atoms with Crippen molar-refractivity contribution < 1.29 is 14.4 Å². The van der Waals surface area contributed by atoms with Crippen molar-refractivity contribution in [3.63, 3.8) is 0 Å². The van der Waals surface area contributed by atoms with Crippen molar-refractivity contribution in [3.05, 3.63) is 99.2 Å². The number of aryl methyl sites for hydroxylation is 2. The van der Waals surface area contributed by atoms with E-state index in [-0.39, 0.29) is 16.6 Å². The molecule has 3 amide bonds. The molecule has 2 N–H and O–H groups in total. The molecule has 33 heavy (non-hydrogen) atoms. The number of halogens is 2. The van der Waals surface area contributed by atoms with Gasteiger partial charge in [-0.2, -0.15) is 0 Å². The average molecular weight is 480 g/mol. The predicted octanol–water partition coefficient (Wildman–Crippen LogP) is 5.64. The number of carbonyl (C=O) groups is 3. The number of hydrogen-bond acceptors (Lipinski definition) is 4. The van der Waals surface area contributed by atoms with Crippen molar-refractivity contribution >= 4 is 58.0 Å². The van der Waals surface area contributed by atoms with Crippen LogP contribution in [0.25, 0.3) is 0 Å². The van der Waals surface area contributed by atoms with Gasteiger partial charge in [0.1, 0.15) is 10.7 Å². The van der Waals surface area contributed by atoms with Crippen LogP contribution in [-0.2, 0) is 9.59 Å². The van der Waals surface area contributed by atoms with Gasteiger partial charge in [-0.15, -0.1) is 0 Å². The SMILES string of the molecule is Cc1cccc(NC(=O)c2ccc(NC3=C(Cl)C(=O)N(c4cc(Cl)ccc4C)C3=O)cc2)c1. The second-order valence-electron chi connectivity index (χ2n) is 7.59. The van der Waals surface area contributed by atoms with Crippen molar-refractivity contribution in [2.75, 3.05) is 15.5 Å². The Hall–Kier alpha value is -3.61. The number of imide groups is 1. The minimum atomic E-state index is -0.635. The molecule has 3 aromatic rings. The van der Waals surface area contributed by atoms with Gasteiger partial charge in [-0.25, -0.2) is 4.90 Å². The zero-order chi connectivity index (χ0) is 23.7. The number of benzene rings is 3. The topological polar surface area (TPSA) is 78.5 Å². The Morgan fingerprint density at radius 1 is 0.848 bits per heavy atom. The van der Waals surface area contributed by atoms with Crippen LogP contribution in [0.15, 0.2) is 77.5 Å². The molecule has 0 radical (unpaired) electrons. The van der Waals surface area contributed by atoms with Gasteiger partial charge >= 0.3 is 0 Å². The van der Waals surface area contributed by atoms with Crippen molar-refractivity contribution in [2.24, 2.45) is 0 Å². The lowest BCUT2D eigenvalue weighted by Gasteiger charge is -2.17. The van der Waals surface area contributed by atoms with E-state index in [1.54, 1.807) is 49.4 Å². The first kappa shape index (κ1) is 22.6. The summed E-state index contributed by atoms with van der Waals surface area (Å²) in [4.78, 5) is 39.2. The Morgan fingerprint density at radius 2 is 1.58 bits per heavy atom. The summed E-state index contributed by atoms with van der Waals surface area (Å²) in [6.45, 7) is 3.71. The van der Waals surface area contributed by atoms with E-state index >= 15 is 0 Å². The molecule has 1 aliphatic rings. The molecule has 8 heteroatoms. The Bertz CT molecular complexity index is 1320. The number of carbonyl (C=O) groups excluding carboxylic acids is 3. The van der Waals surface area contributed by atoms with Crippen LogP contribution in [0.3, 0.4) is 0 Å². The maximum Gasteiger partial charge on any atom is 0.283 e. The molecule has 4 rings (SSSR count). The highest BCUT2D eigenvalue weighted by molar-refractivity contribution is 6.53. The van der Waals surface area contributed by atoms with Gasteiger partial charge in [0.2, 0.25) is 0 Å². The third-order valence-corrected chi connectivity index (χ3v) is 5.72. The molecule has 0 atom stereocenters. The second-order valence-corrected chi connectivity index (χ2v) is 8.41. The summed E-state index contributed by atoms with van der Waals surface area (Å²) in [5, 5.41) is 5.91. The number of hydrogen-bond donors (Lipinski definition) is 2. The Kier molecular flexibility index (Phi) is 6.22. The summed E-state index contributed by atoms with van der Waals surface area (Å²) in [7, 11) is 0. The molecular formula is C25H19Cl2N3O3. The number of amides is 3. The summed E-state index contributed by atoms with van der Waals surface area (Å²) in [6.07, 6.45) is 0. The van der Waals surface area contributed by atoms with Crippen molar-refractivity contribution in [1.29, 1.82) is 0 Å². The molecule has 0 saturated carbocycles. The van der Waals surface area contributed by atoms with E-state index in [1.165, 1.54) is 0 Å². The largest absolute Gasteiger partial charge is 0.350 e. The third-order valence-electron chi connectivity index (χ3n) is 5.13. The van der Waals surface area contributed by atoms with Crippen LogP contribution < -0.4 is 15.5 Å². The molecule has 0 aliphatic carbocycles. The fourth-order valence-electron chi connectivity index (χ4n) is 3.43. The van der Waals surface area contributed by atoms with Gasteiger partial charge in [0.15, 0.2) is 0 Å². The van der Waals surface area contributed by atoms with E-state index in [0.717, 1.165) is 10.5 Å². The number of anilines is 3. The average Bonchev–Trinajstić information content (AvgIpc) is 2.99. The molecule has 0 unspecified atom stereocenters. The summed E-state index contributed by atoms with van der Waals surface area (Å²) < 4.78 is 0. The van der Waals surface area contributed by atoms with E-state index in [2.05, 4.69) is 10.6 Å². The lowest BCUT2D eigenvalue weighted by molar-refractivity contribution is -0.120. The first-order chi connectivity index (χ1) is 15.7. The predicted molar refractivity (Wildman–Crippen MR) is 131 cm³/mol. The highest BCUT2D eigenvalue weighted by Crippen LogP contribution is 2.33. The van der Waals surface area contributed by atoms with E-state index in [1.807, 2.05) is 31.2 Å². The van der Waals surface area contributed by atoms with Crippen molar-refractivity contribution in [1.82, 2.24) is 0 Å². The maximum atomic E-state index is 13.0. The summed E-state index contributed by atoms with van der Waals surface area (Å²) in [5.74, 6) is -1.49. The summed E-state index contributed by atoms with van der Waals surface area (Å²) >= 11 is 12.3. The number of nitrogens with zero attached hydrogens (tertiary/aromatic N) is 1. The summed E-state index contributed by atoms with van der Waals surface area (Å²) in [5.41, 5.74) is 3.71. The molecule has 0 fully saturated rings. The Balaban J connectivity index is 1.50.